The molecular weight excluding hydrogens is 304 g/mol. The summed E-state index contributed by atoms with van der Waals surface area (Å²) in [5, 5.41) is 19.5. The van der Waals surface area contributed by atoms with Crippen molar-refractivity contribution in [2.75, 3.05) is 0 Å². The number of benzene rings is 2. The molecule has 2 aromatic rings. The molecule has 2 rings (SSSR count). The minimum atomic E-state index is -0.123. The van der Waals surface area contributed by atoms with Crippen molar-refractivity contribution in [3.8, 4) is 11.5 Å². The highest BCUT2D eigenvalue weighted by atomic mass is 16.3. The van der Waals surface area contributed by atoms with Crippen LogP contribution in [0.5, 0.6) is 11.5 Å². The van der Waals surface area contributed by atoms with Crippen LogP contribution in [0.4, 0.5) is 0 Å². The summed E-state index contributed by atoms with van der Waals surface area (Å²) in [6.07, 6.45) is 1.68. The molecule has 0 atom stereocenters. The van der Waals surface area contributed by atoms with E-state index in [0.717, 1.165) is 11.1 Å². The third-order valence-corrected chi connectivity index (χ3v) is 3.96. The molecule has 0 radical (unpaired) electrons. The molecule has 0 spiro atoms. The Labute approximate surface area is 141 Å². The van der Waals surface area contributed by atoms with Gasteiger partial charge in [0.15, 0.2) is 11.6 Å². The number of phenolic OH excluding ortho intramolecular Hbond substituents is 2. The molecule has 0 aliphatic carbocycles. The van der Waals surface area contributed by atoms with Gasteiger partial charge in [0.05, 0.1) is 11.1 Å². The normalized spacial score (nSPS) is 10.6. The lowest BCUT2D eigenvalue weighted by Gasteiger charge is -2.06. The van der Waals surface area contributed by atoms with Gasteiger partial charge in [-0.2, -0.15) is 0 Å². The van der Waals surface area contributed by atoms with E-state index in [9.17, 15) is 19.8 Å². The number of carbonyl (C=O) groups excluding carboxylic acids is 2. The number of phenols is 2. The highest BCUT2D eigenvalue weighted by Crippen LogP contribution is 2.23. The van der Waals surface area contributed by atoms with Crippen molar-refractivity contribution < 1.29 is 19.8 Å². The Balaban J connectivity index is 1.86. The van der Waals surface area contributed by atoms with Gasteiger partial charge in [0, 0.05) is 12.8 Å². The molecule has 126 valence electrons. The molecule has 0 heterocycles. The van der Waals surface area contributed by atoms with Crippen molar-refractivity contribution in [1.29, 1.82) is 0 Å². The highest BCUT2D eigenvalue weighted by molar-refractivity contribution is 5.99. The highest BCUT2D eigenvalue weighted by Gasteiger charge is 2.13. The number of ketones is 2. The van der Waals surface area contributed by atoms with Crippen molar-refractivity contribution in [3.63, 3.8) is 0 Å². The first-order valence-corrected chi connectivity index (χ1v) is 8.04. The van der Waals surface area contributed by atoms with Crippen LogP contribution in [0.1, 0.15) is 57.5 Å². The van der Waals surface area contributed by atoms with Crippen LogP contribution in [0.25, 0.3) is 0 Å². The fourth-order valence-corrected chi connectivity index (χ4v) is 2.59. The second kappa shape index (κ2) is 7.77. The van der Waals surface area contributed by atoms with Crippen molar-refractivity contribution >= 4 is 11.6 Å². The summed E-state index contributed by atoms with van der Waals surface area (Å²) in [5.74, 6) is -0.262. The Hall–Kier alpha value is -2.62. The maximum atomic E-state index is 12.1. The Morgan fingerprint density at radius 1 is 0.750 bits per heavy atom. The van der Waals surface area contributed by atoms with Crippen LogP contribution in [0.3, 0.4) is 0 Å². The number of carbonyl (C=O) groups is 2. The standard InChI is InChI=1S/C20H22O4/c1-13-7-9-19(23)15(11-13)17(21)5-3-4-6-18(22)16-12-14(2)8-10-20(16)24/h7-12,23-24H,3-6H2,1-2H3. The molecule has 0 aromatic heterocycles. The fourth-order valence-electron chi connectivity index (χ4n) is 2.59. The lowest BCUT2D eigenvalue weighted by molar-refractivity contribution is 0.0951. The molecule has 4 heteroatoms. The summed E-state index contributed by atoms with van der Waals surface area (Å²) >= 11 is 0. The zero-order chi connectivity index (χ0) is 17.7. The maximum Gasteiger partial charge on any atom is 0.166 e. The van der Waals surface area contributed by atoms with Crippen LogP contribution in [-0.4, -0.2) is 21.8 Å². The molecule has 0 bridgehead atoms. The van der Waals surface area contributed by atoms with E-state index >= 15 is 0 Å². The van der Waals surface area contributed by atoms with Gasteiger partial charge in [-0.15, -0.1) is 0 Å². The second-order valence-corrected chi connectivity index (χ2v) is 6.09. The third-order valence-electron chi connectivity index (χ3n) is 3.96. The SMILES string of the molecule is Cc1ccc(O)c(C(=O)CCCCC(=O)c2cc(C)ccc2O)c1. The van der Waals surface area contributed by atoms with Crippen molar-refractivity contribution in [2.24, 2.45) is 0 Å². The molecule has 0 amide bonds. The predicted molar refractivity (Wildman–Crippen MR) is 92.8 cm³/mol. The van der Waals surface area contributed by atoms with Gasteiger partial charge in [-0.25, -0.2) is 0 Å². The minimum absolute atomic E-state index is 0.00800. The maximum absolute atomic E-state index is 12.1. The molecule has 0 aliphatic rings. The molecule has 0 saturated carbocycles. The molecule has 0 aliphatic heterocycles. The van der Waals surface area contributed by atoms with Crippen molar-refractivity contribution in [1.82, 2.24) is 0 Å². The van der Waals surface area contributed by atoms with Gasteiger partial charge in [-0.3, -0.25) is 9.59 Å². The van der Waals surface area contributed by atoms with E-state index in [2.05, 4.69) is 0 Å². The average Bonchev–Trinajstić information content (AvgIpc) is 2.55. The molecule has 0 saturated heterocycles. The molecular formula is C20H22O4. The van der Waals surface area contributed by atoms with E-state index in [-0.39, 0.29) is 35.9 Å². The Morgan fingerprint density at radius 2 is 1.12 bits per heavy atom. The first-order chi connectivity index (χ1) is 11.4. The summed E-state index contributed by atoms with van der Waals surface area (Å²) in [7, 11) is 0. The summed E-state index contributed by atoms with van der Waals surface area (Å²) in [6, 6.07) is 9.89. The number of hydrogen-bond donors (Lipinski definition) is 2. The van der Waals surface area contributed by atoms with Crippen molar-refractivity contribution in [2.45, 2.75) is 39.5 Å². The fraction of sp³-hybridized carbons (Fsp3) is 0.300. The molecule has 0 fully saturated rings. The van der Waals surface area contributed by atoms with Crippen LogP contribution in [0, 0.1) is 13.8 Å². The van der Waals surface area contributed by atoms with E-state index in [4.69, 9.17) is 0 Å². The van der Waals surface area contributed by atoms with Gasteiger partial charge < -0.3 is 10.2 Å². The Kier molecular flexibility index (Phi) is 5.74. The topological polar surface area (TPSA) is 74.6 Å². The second-order valence-electron chi connectivity index (χ2n) is 6.09. The van der Waals surface area contributed by atoms with Crippen LogP contribution in [-0.2, 0) is 0 Å². The van der Waals surface area contributed by atoms with Gasteiger partial charge in [-0.1, -0.05) is 23.3 Å². The van der Waals surface area contributed by atoms with E-state index < -0.39 is 0 Å². The number of Topliss-reactive ketones (excluding diaryl/α,β-unsaturated/α-hetero) is 2. The van der Waals surface area contributed by atoms with Gasteiger partial charge >= 0.3 is 0 Å². The van der Waals surface area contributed by atoms with E-state index in [1.165, 1.54) is 12.1 Å². The van der Waals surface area contributed by atoms with Crippen molar-refractivity contribution in [3.05, 3.63) is 58.7 Å². The molecule has 2 aromatic carbocycles. The molecule has 2 N–H and O–H groups in total. The van der Waals surface area contributed by atoms with E-state index in [1.54, 1.807) is 24.3 Å². The zero-order valence-electron chi connectivity index (χ0n) is 14.0. The van der Waals surface area contributed by atoms with Gasteiger partial charge in [-0.05, 0) is 51.0 Å². The van der Waals surface area contributed by atoms with Crippen LogP contribution < -0.4 is 0 Å². The largest absolute Gasteiger partial charge is 0.507 e. The average molecular weight is 326 g/mol. The first kappa shape index (κ1) is 17.7. The lowest BCUT2D eigenvalue weighted by Crippen LogP contribution is -2.03. The first-order valence-electron chi connectivity index (χ1n) is 8.04. The summed E-state index contributed by atoms with van der Waals surface area (Å²) in [4.78, 5) is 24.3. The van der Waals surface area contributed by atoms with Gasteiger partial charge in [0.25, 0.3) is 0 Å². The number of rotatable bonds is 7. The minimum Gasteiger partial charge on any atom is -0.507 e. The molecule has 0 unspecified atom stereocenters. The number of aryl methyl sites for hydroxylation is 2. The summed E-state index contributed by atoms with van der Waals surface area (Å²) < 4.78 is 0. The number of unbranched alkanes of at least 4 members (excludes halogenated alkanes) is 1. The lowest BCUT2D eigenvalue weighted by atomic mass is 9.99. The zero-order valence-corrected chi connectivity index (χ0v) is 14.0. The molecule has 4 nitrogen and oxygen atoms in total. The van der Waals surface area contributed by atoms with Crippen LogP contribution >= 0.6 is 0 Å². The van der Waals surface area contributed by atoms with Gasteiger partial charge in [0.2, 0.25) is 0 Å². The summed E-state index contributed by atoms with van der Waals surface area (Å²) in [5.41, 5.74) is 2.50. The smallest absolute Gasteiger partial charge is 0.166 e. The van der Waals surface area contributed by atoms with Crippen LogP contribution in [0.15, 0.2) is 36.4 Å². The Morgan fingerprint density at radius 3 is 1.50 bits per heavy atom. The van der Waals surface area contributed by atoms with Crippen LogP contribution in [0.2, 0.25) is 0 Å². The quantitative estimate of drug-likeness (QED) is 0.586. The van der Waals surface area contributed by atoms with E-state index in [0.29, 0.717) is 24.0 Å². The number of aromatic hydroxyl groups is 2. The summed E-state index contributed by atoms with van der Waals surface area (Å²) in [6.45, 7) is 3.73. The third kappa shape index (κ3) is 4.44. The predicted octanol–water partition coefficient (Wildman–Crippen LogP) is 4.34. The Bertz CT molecular complexity index is 697. The number of hydrogen-bond acceptors (Lipinski definition) is 4. The molecule has 24 heavy (non-hydrogen) atoms. The van der Waals surface area contributed by atoms with E-state index in [1.807, 2.05) is 13.8 Å². The van der Waals surface area contributed by atoms with Gasteiger partial charge in [0.1, 0.15) is 11.5 Å². The monoisotopic (exact) mass is 326 g/mol.